The summed E-state index contributed by atoms with van der Waals surface area (Å²) in [6.45, 7) is 1.52. The van der Waals surface area contributed by atoms with Gasteiger partial charge in [0, 0.05) is 0 Å². The lowest BCUT2D eigenvalue weighted by atomic mass is 10.2. The van der Waals surface area contributed by atoms with E-state index in [2.05, 4.69) is 5.32 Å². The minimum atomic E-state index is -1.10. The molecule has 2 aromatic rings. The van der Waals surface area contributed by atoms with Crippen molar-refractivity contribution in [3.05, 3.63) is 57.8 Å². The Labute approximate surface area is 124 Å². The summed E-state index contributed by atoms with van der Waals surface area (Å²) in [5.74, 6) is -1.59. The Hall–Kier alpha value is -2.34. The van der Waals surface area contributed by atoms with E-state index in [-0.39, 0.29) is 28.5 Å². The number of carbonyl (C=O) groups excluding carboxylic acids is 1. The van der Waals surface area contributed by atoms with Gasteiger partial charge in [-0.05, 0) is 31.2 Å². The quantitative estimate of drug-likeness (QED) is 0.909. The number of carboxylic acid groups (broad SMARTS) is 1. The Balaban J connectivity index is 2.07. The van der Waals surface area contributed by atoms with Gasteiger partial charge in [0.1, 0.15) is 22.9 Å². The van der Waals surface area contributed by atoms with E-state index >= 15 is 0 Å². The molecule has 0 saturated carbocycles. The Bertz CT molecular complexity index is 711. The van der Waals surface area contributed by atoms with Crippen molar-refractivity contribution in [2.75, 3.05) is 0 Å². The van der Waals surface area contributed by atoms with Crippen molar-refractivity contribution in [1.82, 2.24) is 5.32 Å². The molecule has 0 bridgehead atoms. The minimum absolute atomic E-state index is 0.000653. The summed E-state index contributed by atoms with van der Waals surface area (Å²) in [6.07, 6.45) is 0. The van der Waals surface area contributed by atoms with Crippen LogP contribution in [0.25, 0.3) is 0 Å². The molecule has 0 atom stereocenters. The van der Waals surface area contributed by atoms with Crippen LogP contribution in [0.2, 0.25) is 5.02 Å². The van der Waals surface area contributed by atoms with Crippen LogP contribution in [0, 0.1) is 12.7 Å². The second-order valence-corrected chi connectivity index (χ2v) is 4.70. The van der Waals surface area contributed by atoms with Gasteiger partial charge in [0.15, 0.2) is 0 Å². The van der Waals surface area contributed by atoms with Gasteiger partial charge in [-0.15, -0.1) is 0 Å². The lowest BCUT2D eigenvalue weighted by Gasteiger charge is -2.05. The molecule has 2 rings (SSSR count). The molecule has 0 spiro atoms. The zero-order valence-corrected chi connectivity index (χ0v) is 11.7. The number of furan rings is 1. The Morgan fingerprint density at radius 1 is 1.33 bits per heavy atom. The fourth-order valence-electron chi connectivity index (χ4n) is 1.78. The van der Waals surface area contributed by atoms with E-state index in [1.165, 1.54) is 19.1 Å². The third-order valence-corrected chi connectivity index (χ3v) is 3.11. The first-order valence-electron chi connectivity index (χ1n) is 5.94. The van der Waals surface area contributed by atoms with Crippen molar-refractivity contribution in [2.24, 2.45) is 0 Å². The number of hydrogen-bond donors (Lipinski definition) is 2. The van der Waals surface area contributed by atoms with Gasteiger partial charge in [0.05, 0.1) is 17.1 Å². The second kappa shape index (κ2) is 5.97. The number of aromatic carboxylic acids is 1. The Kier molecular flexibility index (Phi) is 4.28. The van der Waals surface area contributed by atoms with E-state index < -0.39 is 17.7 Å². The Morgan fingerprint density at radius 3 is 2.62 bits per heavy atom. The van der Waals surface area contributed by atoms with Gasteiger partial charge < -0.3 is 14.8 Å². The van der Waals surface area contributed by atoms with Crippen LogP contribution in [0.5, 0.6) is 0 Å². The number of benzene rings is 1. The van der Waals surface area contributed by atoms with Gasteiger partial charge in [-0.25, -0.2) is 9.18 Å². The maximum Gasteiger partial charge on any atom is 0.339 e. The SMILES string of the molecule is Cc1oc(CNC(=O)c2ccc(F)cc2Cl)cc1C(=O)O. The third-order valence-electron chi connectivity index (χ3n) is 2.80. The average Bonchev–Trinajstić information content (AvgIpc) is 2.77. The van der Waals surface area contributed by atoms with E-state index in [1.807, 2.05) is 0 Å². The molecule has 7 heteroatoms. The molecule has 21 heavy (non-hydrogen) atoms. The van der Waals surface area contributed by atoms with Crippen LogP contribution >= 0.6 is 11.6 Å². The highest BCUT2D eigenvalue weighted by atomic mass is 35.5. The van der Waals surface area contributed by atoms with Gasteiger partial charge in [0.25, 0.3) is 5.91 Å². The molecule has 0 fully saturated rings. The number of rotatable bonds is 4. The third kappa shape index (κ3) is 3.41. The van der Waals surface area contributed by atoms with Crippen LogP contribution in [0.3, 0.4) is 0 Å². The number of aryl methyl sites for hydroxylation is 1. The summed E-state index contributed by atoms with van der Waals surface area (Å²) >= 11 is 5.78. The van der Waals surface area contributed by atoms with Crippen molar-refractivity contribution < 1.29 is 23.5 Å². The van der Waals surface area contributed by atoms with Crippen molar-refractivity contribution in [1.29, 1.82) is 0 Å². The summed E-state index contributed by atoms with van der Waals surface area (Å²) in [6, 6.07) is 4.77. The second-order valence-electron chi connectivity index (χ2n) is 4.29. The standard InChI is InChI=1S/C14H11ClFNO4/c1-7-11(14(19)20)5-9(21-7)6-17-13(18)10-3-2-8(16)4-12(10)15/h2-5H,6H2,1H3,(H,17,18)(H,19,20). The summed E-state index contributed by atoms with van der Waals surface area (Å²) in [5, 5.41) is 11.4. The lowest BCUT2D eigenvalue weighted by molar-refractivity contribution is 0.0694. The number of nitrogens with one attached hydrogen (secondary N) is 1. The fraction of sp³-hybridized carbons (Fsp3) is 0.143. The molecule has 5 nitrogen and oxygen atoms in total. The average molecular weight is 312 g/mol. The molecule has 1 heterocycles. The molecule has 1 aromatic carbocycles. The first kappa shape index (κ1) is 15.1. The van der Waals surface area contributed by atoms with E-state index in [9.17, 15) is 14.0 Å². The largest absolute Gasteiger partial charge is 0.478 e. The molecule has 1 aromatic heterocycles. The summed E-state index contributed by atoms with van der Waals surface area (Å²) in [7, 11) is 0. The van der Waals surface area contributed by atoms with Gasteiger partial charge in [0.2, 0.25) is 0 Å². The number of carbonyl (C=O) groups is 2. The van der Waals surface area contributed by atoms with Gasteiger partial charge in [-0.1, -0.05) is 11.6 Å². The highest BCUT2D eigenvalue weighted by Gasteiger charge is 2.15. The molecule has 0 aliphatic rings. The van der Waals surface area contributed by atoms with Crippen molar-refractivity contribution >= 4 is 23.5 Å². The van der Waals surface area contributed by atoms with Crippen molar-refractivity contribution in [3.8, 4) is 0 Å². The highest BCUT2D eigenvalue weighted by Crippen LogP contribution is 2.18. The Morgan fingerprint density at radius 2 is 2.05 bits per heavy atom. The van der Waals surface area contributed by atoms with E-state index in [1.54, 1.807) is 0 Å². The number of amides is 1. The van der Waals surface area contributed by atoms with E-state index in [0.29, 0.717) is 5.76 Å². The molecule has 2 N–H and O–H groups in total. The molecular weight excluding hydrogens is 301 g/mol. The van der Waals surface area contributed by atoms with E-state index in [4.69, 9.17) is 21.1 Å². The molecule has 0 unspecified atom stereocenters. The van der Waals surface area contributed by atoms with Crippen LogP contribution < -0.4 is 5.32 Å². The van der Waals surface area contributed by atoms with Crippen LogP contribution in [0.4, 0.5) is 4.39 Å². The predicted molar refractivity (Wildman–Crippen MR) is 73.0 cm³/mol. The molecule has 0 aliphatic heterocycles. The number of carboxylic acids is 1. The fourth-order valence-corrected chi connectivity index (χ4v) is 2.03. The molecular formula is C14H11ClFNO4. The van der Waals surface area contributed by atoms with Crippen LogP contribution in [0.1, 0.15) is 32.2 Å². The molecule has 110 valence electrons. The van der Waals surface area contributed by atoms with Gasteiger partial charge >= 0.3 is 5.97 Å². The van der Waals surface area contributed by atoms with Crippen molar-refractivity contribution in [3.63, 3.8) is 0 Å². The summed E-state index contributed by atoms with van der Waals surface area (Å²) < 4.78 is 18.1. The lowest BCUT2D eigenvalue weighted by Crippen LogP contribution is -2.22. The normalized spacial score (nSPS) is 10.4. The molecule has 0 saturated heterocycles. The highest BCUT2D eigenvalue weighted by molar-refractivity contribution is 6.33. The number of hydrogen-bond acceptors (Lipinski definition) is 3. The number of halogens is 2. The van der Waals surface area contributed by atoms with Crippen molar-refractivity contribution in [2.45, 2.75) is 13.5 Å². The van der Waals surface area contributed by atoms with Gasteiger partial charge in [-0.3, -0.25) is 4.79 Å². The predicted octanol–water partition coefficient (Wildman–Crippen LogP) is 3.01. The first-order valence-corrected chi connectivity index (χ1v) is 6.32. The molecule has 0 aliphatic carbocycles. The summed E-state index contributed by atoms with van der Waals surface area (Å²) in [4.78, 5) is 22.8. The molecule has 0 radical (unpaired) electrons. The van der Waals surface area contributed by atoms with Crippen LogP contribution in [0.15, 0.2) is 28.7 Å². The zero-order valence-electron chi connectivity index (χ0n) is 10.9. The topological polar surface area (TPSA) is 79.5 Å². The van der Waals surface area contributed by atoms with E-state index in [0.717, 1.165) is 12.1 Å². The zero-order chi connectivity index (χ0) is 15.6. The summed E-state index contributed by atoms with van der Waals surface area (Å²) in [5.41, 5.74) is 0.166. The minimum Gasteiger partial charge on any atom is -0.478 e. The van der Waals surface area contributed by atoms with Crippen LogP contribution in [-0.2, 0) is 6.54 Å². The smallest absolute Gasteiger partial charge is 0.339 e. The maximum atomic E-state index is 12.9. The molecule has 1 amide bonds. The maximum absolute atomic E-state index is 12.9. The first-order chi connectivity index (χ1) is 9.88. The van der Waals surface area contributed by atoms with Crippen LogP contribution in [-0.4, -0.2) is 17.0 Å². The van der Waals surface area contributed by atoms with Gasteiger partial charge in [-0.2, -0.15) is 0 Å². The monoisotopic (exact) mass is 311 g/mol.